The Morgan fingerprint density at radius 1 is 1.07 bits per heavy atom. The SMILES string of the molecule is Cc1ccc(N2C(=O)C(C)(C)c3ccc(-c4cnc(C)[n+]([O-])c4)cc32)nn1. The maximum Gasteiger partial charge on any atom is 0.298 e. The van der Waals surface area contributed by atoms with Crippen molar-refractivity contribution in [2.24, 2.45) is 0 Å². The van der Waals surface area contributed by atoms with Gasteiger partial charge in [-0.2, -0.15) is 5.10 Å². The lowest BCUT2D eigenvalue weighted by Gasteiger charge is -2.19. The molecule has 1 amide bonds. The summed E-state index contributed by atoms with van der Waals surface area (Å²) in [7, 11) is 0. The zero-order valence-corrected chi connectivity index (χ0v) is 15.6. The van der Waals surface area contributed by atoms with Gasteiger partial charge in [-0.15, -0.1) is 5.10 Å². The number of rotatable bonds is 2. The fourth-order valence-electron chi connectivity index (χ4n) is 3.29. The van der Waals surface area contributed by atoms with Crippen molar-refractivity contribution in [2.75, 3.05) is 4.90 Å². The third-order valence-corrected chi connectivity index (χ3v) is 4.96. The van der Waals surface area contributed by atoms with E-state index in [4.69, 9.17) is 0 Å². The highest BCUT2D eigenvalue weighted by molar-refractivity contribution is 6.12. The molecular weight excluding hydrogens is 342 g/mol. The molecule has 3 aromatic rings. The first-order chi connectivity index (χ1) is 12.8. The van der Waals surface area contributed by atoms with Crippen LogP contribution in [0.25, 0.3) is 11.1 Å². The molecule has 2 aromatic heterocycles. The molecule has 7 nitrogen and oxygen atoms in total. The number of anilines is 2. The van der Waals surface area contributed by atoms with Gasteiger partial charge in [0, 0.05) is 6.92 Å². The van der Waals surface area contributed by atoms with Gasteiger partial charge in [-0.25, -0.2) is 4.73 Å². The van der Waals surface area contributed by atoms with Crippen molar-refractivity contribution in [1.82, 2.24) is 15.2 Å². The van der Waals surface area contributed by atoms with Gasteiger partial charge in [-0.3, -0.25) is 9.69 Å². The van der Waals surface area contributed by atoms with E-state index in [9.17, 15) is 10.0 Å². The number of carbonyl (C=O) groups excluding carboxylic acids is 1. The Hall–Kier alpha value is -3.35. The highest BCUT2D eigenvalue weighted by atomic mass is 16.5. The molecule has 0 saturated carbocycles. The number of nitrogens with zero attached hydrogens (tertiary/aromatic N) is 5. The minimum Gasteiger partial charge on any atom is -0.711 e. The highest BCUT2D eigenvalue weighted by Gasteiger charge is 2.45. The van der Waals surface area contributed by atoms with Gasteiger partial charge in [0.1, 0.15) is 6.20 Å². The van der Waals surface area contributed by atoms with Crippen LogP contribution >= 0.6 is 0 Å². The van der Waals surface area contributed by atoms with Gasteiger partial charge in [0.2, 0.25) is 5.91 Å². The minimum absolute atomic E-state index is 0.0614. The van der Waals surface area contributed by atoms with Crippen LogP contribution < -0.4 is 9.63 Å². The van der Waals surface area contributed by atoms with E-state index in [1.807, 2.05) is 45.0 Å². The summed E-state index contributed by atoms with van der Waals surface area (Å²) < 4.78 is 0.737. The summed E-state index contributed by atoms with van der Waals surface area (Å²) in [6, 6.07) is 9.35. The molecular formula is C20H19N5O2. The van der Waals surface area contributed by atoms with Crippen LogP contribution in [0.15, 0.2) is 42.7 Å². The first kappa shape index (κ1) is 17.1. The van der Waals surface area contributed by atoms with Crippen molar-refractivity contribution >= 4 is 17.4 Å². The van der Waals surface area contributed by atoms with Crippen LogP contribution in [0.4, 0.5) is 11.5 Å². The molecule has 0 aliphatic carbocycles. The van der Waals surface area contributed by atoms with E-state index in [1.165, 1.54) is 6.20 Å². The maximum atomic E-state index is 13.1. The zero-order valence-electron chi connectivity index (χ0n) is 15.6. The average molecular weight is 361 g/mol. The predicted octanol–water partition coefficient (Wildman–Crippen LogP) is 2.74. The Morgan fingerprint density at radius 3 is 2.52 bits per heavy atom. The number of carbonyl (C=O) groups is 1. The standard InChI is InChI=1S/C20H19N5O2/c1-12-5-8-18(23-22-12)25-17-9-14(15-10-21-13(2)24(27)11-15)6-7-16(17)20(3,4)19(25)26/h5-11H,1-4H3. The van der Waals surface area contributed by atoms with E-state index in [0.717, 1.165) is 27.2 Å². The van der Waals surface area contributed by atoms with Crippen LogP contribution in [0, 0.1) is 19.1 Å². The summed E-state index contributed by atoms with van der Waals surface area (Å²) in [5.41, 5.74) is 3.26. The van der Waals surface area contributed by atoms with Gasteiger partial charge in [0.05, 0.1) is 22.4 Å². The molecule has 1 aliphatic heterocycles. The predicted molar refractivity (Wildman–Crippen MR) is 100 cm³/mol. The molecule has 7 heteroatoms. The highest BCUT2D eigenvalue weighted by Crippen LogP contribution is 2.46. The van der Waals surface area contributed by atoms with Crippen molar-refractivity contribution in [1.29, 1.82) is 0 Å². The van der Waals surface area contributed by atoms with Crippen LogP contribution in [0.2, 0.25) is 0 Å². The third-order valence-electron chi connectivity index (χ3n) is 4.96. The first-order valence-corrected chi connectivity index (χ1v) is 8.64. The van der Waals surface area contributed by atoms with Gasteiger partial charge in [0.15, 0.2) is 12.0 Å². The van der Waals surface area contributed by atoms with Crippen LogP contribution in [0.5, 0.6) is 0 Å². The second-order valence-corrected chi connectivity index (χ2v) is 7.25. The fourth-order valence-corrected chi connectivity index (χ4v) is 3.29. The largest absolute Gasteiger partial charge is 0.711 e. The molecule has 3 heterocycles. The second kappa shape index (κ2) is 5.84. The quantitative estimate of drug-likeness (QED) is 0.517. The number of fused-ring (bicyclic) bond motifs is 1. The van der Waals surface area contributed by atoms with Crippen molar-refractivity contribution in [3.8, 4) is 11.1 Å². The third kappa shape index (κ3) is 2.63. The fraction of sp³-hybridized carbons (Fsp3) is 0.250. The van der Waals surface area contributed by atoms with E-state index in [1.54, 1.807) is 24.1 Å². The zero-order chi connectivity index (χ0) is 19.3. The van der Waals surface area contributed by atoms with Crippen LogP contribution in [-0.2, 0) is 10.2 Å². The number of amides is 1. The molecule has 0 bridgehead atoms. The Morgan fingerprint density at radius 2 is 1.85 bits per heavy atom. The monoisotopic (exact) mass is 361 g/mol. The van der Waals surface area contributed by atoms with Crippen molar-refractivity contribution in [3.63, 3.8) is 0 Å². The molecule has 0 saturated heterocycles. The molecule has 27 heavy (non-hydrogen) atoms. The topological polar surface area (TPSA) is 85.9 Å². The van der Waals surface area contributed by atoms with E-state index >= 15 is 0 Å². The summed E-state index contributed by atoms with van der Waals surface area (Å²) in [6.45, 7) is 7.29. The van der Waals surface area contributed by atoms with E-state index in [0.29, 0.717) is 17.2 Å². The Kier molecular flexibility index (Phi) is 3.69. The molecule has 1 aliphatic rings. The normalized spacial score (nSPS) is 15.1. The summed E-state index contributed by atoms with van der Waals surface area (Å²) in [5.74, 6) is 0.803. The number of aromatic nitrogens is 4. The lowest BCUT2D eigenvalue weighted by molar-refractivity contribution is -0.615. The number of benzene rings is 1. The van der Waals surface area contributed by atoms with Gasteiger partial charge in [-0.05, 0) is 50.1 Å². The van der Waals surface area contributed by atoms with Crippen LogP contribution in [0.1, 0.15) is 30.9 Å². The first-order valence-electron chi connectivity index (χ1n) is 8.64. The van der Waals surface area contributed by atoms with Gasteiger partial charge in [0.25, 0.3) is 5.82 Å². The maximum absolute atomic E-state index is 13.1. The summed E-state index contributed by atoms with van der Waals surface area (Å²) in [6.07, 6.45) is 3.14. The molecule has 0 atom stereocenters. The van der Waals surface area contributed by atoms with E-state index < -0.39 is 5.41 Å². The molecule has 0 N–H and O–H groups in total. The van der Waals surface area contributed by atoms with E-state index in [-0.39, 0.29) is 5.91 Å². The van der Waals surface area contributed by atoms with E-state index in [2.05, 4.69) is 15.2 Å². The molecule has 0 fully saturated rings. The van der Waals surface area contributed by atoms with Crippen molar-refractivity contribution in [2.45, 2.75) is 33.1 Å². The summed E-state index contributed by atoms with van der Waals surface area (Å²) in [5, 5.41) is 20.2. The Bertz CT molecular complexity index is 1060. The number of hydrogen-bond donors (Lipinski definition) is 0. The van der Waals surface area contributed by atoms with Gasteiger partial charge in [-0.1, -0.05) is 17.1 Å². The number of aryl methyl sites for hydroxylation is 2. The number of hydrogen-bond acceptors (Lipinski definition) is 5. The second-order valence-electron chi connectivity index (χ2n) is 7.25. The molecule has 0 unspecified atom stereocenters. The molecule has 0 spiro atoms. The molecule has 1 aromatic carbocycles. The summed E-state index contributed by atoms with van der Waals surface area (Å²) in [4.78, 5) is 18.8. The Balaban J connectivity index is 1.88. The average Bonchev–Trinajstić information content (AvgIpc) is 2.84. The van der Waals surface area contributed by atoms with Crippen LogP contribution in [-0.4, -0.2) is 21.1 Å². The van der Waals surface area contributed by atoms with Gasteiger partial charge >= 0.3 is 0 Å². The van der Waals surface area contributed by atoms with Gasteiger partial charge < -0.3 is 5.21 Å². The molecule has 4 rings (SSSR count). The lowest BCUT2D eigenvalue weighted by atomic mass is 9.85. The van der Waals surface area contributed by atoms with Crippen molar-refractivity contribution < 1.29 is 9.52 Å². The van der Waals surface area contributed by atoms with Crippen molar-refractivity contribution in [3.05, 3.63) is 65.0 Å². The smallest absolute Gasteiger partial charge is 0.298 e. The minimum atomic E-state index is -0.676. The summed E-state index contributed by atoms with van der Waals surface area (Å²) >= 11 is 0. The molecule has 0 radical (unpaired) electrons. The molecule has 136 valence electrons. The Labute approximate surface area is 156 Å². The van der Waals surface area contributed by atoms with Crippen LogP contribution in [0.3, 0.4) is 0 Å². The lowest BCUT2D eigenvalue weighted by Crippen LogP contribution is -2.33.